The van der Waals surface area contributed by atoms with Gasteiger partial charge in [0.2, 0.25) is 5.91 Å². The van der Waals surface area contributed by atoms with Crippen molar-refractivity contribution >= 4 is 39.1 Å². The normalized spacial score (nSPS) is 10.9. The van der Waals surface area contributed by atoms with E-state index in [1.165, 1.54) is 17.0 Å². The number of hydrogen-bond donors (Lipinski definition) is 2. The van der Waals surface area contributed by atoms with Crippen molar-refractivity contribution < 1.29 is 22.7 Å². The predicted molar refractivity (Wildman–Crippen MR) is 111 cm³/mol. The zero-order valence-corrected chi connectivity index (χ0v) is 17.8. The van der Waals surface area contributed by atoms with Crippen LogP contribution in [0.5, 0.6) is 5.75 Å². The molecule has 0 saturated carbocycles. The molecule has 0 aliphatic carbocycles. The molecule has 2 aromatic carbocycles. The second-order valence-corrected chi connectivity index (χ2v) is 8.24. The quantitative estimate of drug-likeness (QED) is 0.657. The Kier molecular flexibility index (Phi) is 7.46. The summed E-state index contributed by atoms with van der Waals surface area (Å²) < 4.78 is 33.2. The van der Waals surface area contributed by atoms with Crippen LogP contribution in [0.2, 0.25) is 5.02 Å². The number of sulfonamides is 1. The molecular formula is C19H22ClN3O5S. The van der Waals surface area contributed by atoms with Gasteiger partial charge in [-0.2, -0.15) is 0 Å². The van der Waals surface area contributed by atoms with Crippen LogP contribution < -0.4 is 14.8 Å². The van der Waals surface area contributed by atoms with E-state index in [1.807, 2.05) is 6.92 Å². The van der Waals surface area contributed by atoms with Crippen molar-refractivity contribution in [2.24, 2.45) is 0 Å². The van der Waals surface area contributed by atoms with Crippen molar-refractivity contribution in [3.05, 3.63) is 53.1 Å². The minimum Gasteiger partial charge on any atom is -0.494 e. The zero-order valence-electron chi connectivity index (χ0n) is 16.2. The van der Waals surface area contributed by atoms with Gasteiger partial charge in [-0.3, -0.25) is 14.3 Å². The third kappa shape index (κ3) is 6.10. The summed E-state index contributed by atoms with van der Waals surface area (Å²) in [5.41, 5.74) is 0.379. The van der Waals surface area contributed by atoms with Crippen molar-refractivity contribution in [3.63, 3.8) is 0 Å². The number of benzene rings is 2. The molecule has 2 amide bonds. The summed E-state index contributed by atoms with van der Waals surface area (Å²) in [4.78, 5) is 24.9. The zero-order chi connectivity index (χ0) is 21.6. The maximum atomic E-state index is 12.7. The van der Waals surface area contributed by atoms with Gasteiger partial charge in [-0.05, 0) is 49.4 Å². The van der Waals surface area contributed by atoms with E-state index >= 15 is 0 Å². The summed E-state index contributed by atoms with van der Waals surface area (Å²) in [7, 11) is -0.921. The molecule has 0 spiro atoms. The van der Waals surface area contributed by atoms with Gasteiger partial charge in [0.1, 0.15) is 10.6 Å². The summed E-state index contributed by atoms with van der Waals surface area (Å²) in [5, 5.41) is 2.41. The van der Waals surface area contributed by atoms with E-state index in [0.717, 1.165) is 6.07 Å². The highest BCUT2D eigenvalue weighted by Gasteiger charge is 2.21. The Morgan fingerprint density at radius 3 is 2.34 bits per heavy atom. The SMILES string of the molecule is CCOc1ccc(NS(=O)(=O)c2cc(C(=O)NCC(=O)N(C)C)ccc2Cl)cc1. The Labute approximate surface area is 174 Å². The second-order valence-electron chi connectivity index (χ2n) is 6.18. The molecule has 0 saturated heterocycles. The van der Waals surface area contributed by atoms with Crippen LogP contribution in [-0.4, -0.2) is 52.4 Å². The number of carbonyl (C=O) groups excluding carboxylic acids is 2. The lowest BCUT2D eigenvalue weighted by atomic mass is 10.2. The molecule has 0 aliphatic rings. The number of rotatable bonds is 8. The third-order valence-corrected chi connectivity index (χ3v) is 5.66. The standard InChI is InChI=1S/C19H22ClN3O5S/c1-4-28-15-8-6-14(7-9-15)22-29(26,27)17-11-13(5-10-16(17)20)19(25)21-12-18(24)23(2)3/h5-11,22H,4,12H2,1-3H3,(H,21,25). The van der Waals surface area contributed by atoms with Gasteiger partial charge in [-0.1, -0.05) is 11.6 Å². The van der Waals surface area contributed by atoms with E-state index in [1.54, 1.807) is 38.4 Å². The Bertz CT molecular complexity index is 991. The fourth-order valence-corrected chi connectivity index (χ4v) is 3.85. The van der Waals surface area contributed by atoms with Crippen LogP contribution >= 0.6 is 11.6 Å². The van der Waals surface area contributed by atoms with Crippen LogP contribution in [0.25, 0.3) is 0 Å². The molecular weight excluding hydrogens is 418 g/mol. The van der Waals surface area contributed by atoms with Gasteiger partial charge >= 0.3 is 0 Å². The molecule has 0 heterocycles. The molecule has 8 nitrogen and oxygen atoms in total. The molecule has 0 atom stereocenters. The van der Waals surface area contributed by atoms with Crippen LogP contribution in [0, 0.1) is 0 Å². The van der Waals surface area contributed by atoms with Crippen molar-refractivity contribution in [1.29, 1.82) is 0 Å². The molecule has 0 bridgehead atoms. The lowest BCUT2D eigenvalue weighted by Crippen LogP contribution is -2.36. The lowest BCUT2D eigenvalue weighted by Gasteiger charge is -2.13. The molecule has 2 N–H and O–H groups in total. The van der Waals surface area contributed by atoms with Crippen molar-refractivity contribution in [1.82, 2.24) is 10.2 Å². The van der Waals surface area contributed by atoms with E-state index in [0.29, 0.717) is 18.0 Å². The number of carbonyl (C=O) groups is 2. The van der Waals surface area contributed by atoms with E-state index < -0.39 is 15.9 Å². The first-order valence-corrected chi connectivity index (χ1v) is 10.5. The molecule has 0 fully saturated rings. The molecule has 156 valence electrons. The van der Waals surface area contributed by atoms with Crippen molar-refractivity contribution in [2.45, 2.75) is 11.8 Å². The summed E-state index contributed by atoms with van der Waals surface area (Å²) in [6, 6.07) is 10.2. The molecule has 29 heavy (non-hydrogen) atoms. The topological polar surface area (TPSA) is 105 Å². The van der Waals surface area contributed by atoms with E-state index in [9.17, 15) is 18.0 Å². The van der Waals surface area contributed by atoms with Crippen molar-refractivity contribution in [3.8, 4) is 5.75 Å². The molecule has 0 unspecified atom stereocenters. The average molecular weight is 440 g/mol. The second kappa shape index (κ2) is 9.62. The smallest absolute Gasteiger partial charge is 0.263 e. The van der Waals surface area contributed by atoms with E-state index in [4.69, 9.17) is 16.3 Å². The Morgan fingerprint density at radius 1 is 1.10 bits per heavy atom. The average Bonchev–Trinajstić information content (AvgIpc) is 2.67. The number of hydrogen-bond acceptors (Lipinski definition) is 5. The molecule has 2 rings (SSSR count). The van der Waals surface area contributed by atoms with Gasteiger partial charge in [-0.25, -0.2) is 8.42 Å². The summed E-state index contributed by atoms with van der Waals surface area (Å²) in [5.74, 6) is -0.272. The van der Waals surface area contributed by atoms with Crippen LogP contribution in [0.1, 0.15) is 17.3 Å². The highest BCUT2D eigenvalue weighted by atomic mass is 35.5. The highest BCUT2D eigenvalue weighted by Crippen LogP contribution is 2.26. The van der Waals surface area contributed by atoms with Gasteiger partial charge in [0.25, 0.3) is 15.9 Å². The first-order chi connectivity index (χ1) is 13.6. The van der Waals surface area contributed by atoms with Gasteiger partial charge in [0.15, 0.2) is 0 Å². The summed E-state index contributed by atoms with van der Waals surface area (Å²) >= 11 is 6.06. The maximum absolute atomic E-state index is 12.7. The highest BCUT2D eigenvalue weighted by molar-refractivity contribution is 7.92. The number of halogens is 1. The van der Waals surface area contributed by atoms with Crippen molar-refractivity contribution in [2.75, 3.05) is 32.0 Å². The maximum Gasteiger partial charge on any atom is 0.263 e. The predicted octanol–water partition coefficient (Wildman–Crippen LogP) is 2.36. The fraction of sp³-hybridized carbons (Fsp3) is 0.263. The van der Waals surface area contributed by atoms with Gasteiger partial charge in [-0.15, -0.1) is 0 Å². The van der Waals surface area contributed by atoms with Gasteiger partial charge < -0.3 is 15.0 Å². The number of nitrogens with one attached hydrogen (secondary N) is 2. The van der Waals surface area contributed by atoms with E-state index in [2.05, 4.69) is 10.0 Å². The largest absolute Gasteiger partial charge is 0.494 e. The molecule has 0 aliphatic heterocycles. The fourth-order valence-electron chi connectivity index (χ4n) is 2.26. The van der Waals surface area contributed by atoms with Crippen LogP contribution in [0.15, 0.2) is 47.4 Å². The Hall–Kier alpha value is -2.78. The number of amides is 2. The van der Waals surface area contributed by atoms with Crippen LogP contribution in [0.3, 0.4) is 0 Å². The number of anilines is 1. The van der Waals surface area contributed by atoms with Gasteiger partial charge in [0, 0.05) is 25.3 Å². The monoisotopic (exact) mass is 439 g/mol. The summed E-state index contributed by atoms with van der Waals surface area (Å²) in [6.07, 6.45) is 0. The first-order valence-electron chi connectivity index (χ1n) is 8.67. The summed E-state index contributed by atoms with van der Waals surface area (Å²) in [6.45, 7) is 2.13. The molecule has 2 aromatic rings. The number of likely N-dealkylation sites (N-methyl/N-ethyl adjacent to an activating group) is 1. The third-order valence-electron chi connectivity index (χ3n) is 3.80. The Balaban J connectivity index is 2.20. The first kappa shape index (κ1) is 22.5. The molecule has 0 radical (unpaired) electrons. The molecule has 0 aromatic heterocycles. The lowest BCUT2D eigenvalue weighted by molar-refractivity contribution is -0.127. The van der Waals surface area contributed by atoms with Gasteiger partial charge in [0.05, 0.1) is 18.2 Å². The number of nitrogens with zero attached hydrogens (tertiary/aromatic N) is 1. The van der Waals surface area contributed by atoms with Crippen LogP contribution in [0.4, 0.5) is 5.69 Å². The number of ether oxygens (including phenoxy) is 1. The minimum absolute atomic E-state index is 0.0376. The Morgan fingerprint density at radius 2 is 1.76 bits per heavy atom. The van der Waals surface area contributed by atoms with Crippen LogP contribution in [-0.2, 0) is 14.8 Å². The molecule has 10 heteroatoms. The van der Waals surface area contributed by atoms with E-state index in [-0.39, 0.29) is 27.9 Å². The minimum atomic E-state index is -4.05.